The number of aromatic nitrogens is 4. The third-order valence-corrected chi connectivity index (χ3v) is 4.97. The van der Waals surface area contributed by atoms with Crippen molar-refractivity contribution in [2.45, 2.75) is 19.1 Å². The van der Waals surface area contributed by atoms with Crippen LogP contribution in [-0.2, 0) is 17.8 Å². The van der Waals surface area contributed by atoms with Gasteiger partial charge >= 0.3 is 12.1 Å². The standard InChI is InChI=1S/C17H15ClN6O.C2HF3O2/c18-14-8-12(17-20-22-23-21-17)1-2-13(14)9-24-6-5-10-7-11(16(19)25)3-4-15(10)24;3-2(4,5)1(6)7/h1-4,7-8H,5-6,9H2,(H2,19,25)(H,20,21,22,23);(H,6,7). The second-order valence-electron chi connectivity index (χ2n) is 6.72. The van der Waals surface area contributed by atoms with Crippen LogP contribution < -0.4 is 10.6 Å². The number of nitrogens with zero attached hydrogens (tertiary/aromatic N) is 4. The summed E-state index contributed by atoms with van der Waals surface area (Å²) >= 11 is 6.44. The minimum Gasteiger partial charge on any atom is -0.475 e. The number of carboxylic acids is 1. The van der Waals surface area contributed by atoms with Crippen molar-refractivity contribution < 1.29 is 27.9 Å². The van der Waals surface area contributed by atoms with Gasteiger partial charge in [-0.1, -0.05) is 23.7 Å². The van der Waals surface area contributed by atoms with Gasteiger partial charge in [0, 0.05) is 34.9 Å². The van der Waals surface area contributed by atoms with Crippen LogP contribution in [0.3, 0.4) is 0 Å². The number of aromatic amines is 1. The highest BCUT2D eigenvalue weighted by molar-refractivity contribution is 6.31. The molecule has 0 saturated carbocycles. The Bertz CT molecular complexity index is 1140. The fourth-order valence-corrected chi connectivity index (χ4v) is 3.33. The van der Waals surface area contributed by atoms with Gasteiger partial charge in [0.2, 0.25) is 11.7 Å². The van der Waals surface area contributed by atoms with E-state index in [0.717, 1.165) is 35.3 Å². The first-order chi connectivity index (χ1) is 15.1. The van der Waals surface area contributed by atoms with Gasteiger partial charge in [0.25, 0.3) is 0 Å². The summed E-state index contributed by atoms with van der Waals surface area (Å²) in [5.74, 6) is -2.65. The van der Waals surface area contributed by atoms with Gasteiger partial charge in [0.15, 0.2) is 0 Å². The summed E-state index contributed by atoms with van der Waals surface area (Å²) < 4.78 is 31.7. The lowest BCUT2D eigenvalue weighted by atomic mass is 10.1. The smallest absolute Gasteiger partial charge is 0.475 e. The summed E-state index contributed by atoms with van der Waals surface area (Å²) in [6, 6.07) is 11.3. The van der Waals surface area contributed by atoms with Crippen LogP contribution in [-0.4, -0.2) is 50.3 Å². The van der Waals surface area contributed by atoms with Crippen molar-refractivity contribution in [3.05, 3.63) is 58.1 Å². The number of rotatable bonds is 4. The number of primary amides is 1. The third kappa shape index (κ3) is 5.32. The molecule has 168 valence electrons. The van der Waals surface area contributed by atoms with Gasteiger partial charge in [0.05, 0.1) is 0 Å². The lowest BCUT2D eigenvalue weighted by Crippen LogP contribution is -2.21. The van der Waals surface area contributed by atoms with Gasteiger partial charge < -0.3 is 15.7 Å². The van der Waals surface area contributed by atoms with E-state index in [9.17, 15) is 18.0 Å². The minimum atomic E-state index is -5.08. The highest BCUT2D eigenvalue weighted by Gasteiger charge is 2.38. The molecule has 0 fully saturated rings. The first-order valence-corrected chi connectivity index (χ1v) is 9.44. The number of amides is 1. The minimum absolute atomic E-state index is 0.402. The van der Waals surface area contributed by atoms with Crippen LogP contribution in [0.25, 0.3) is 11.4 Å². The van der Waals surface area contributed by atoms with Crippen LogP contribution in [0.1, 0.15) is 21.5 Å². The van der Waals surface area contributed by atoms with Crippen molar-refractivity contribution in [3.63, 3.8) is 0 Å². The molecule has 0 atom stereocenters. The van der Waals surface area contributed by atoms with Gasteiger partial charge in [-0.2, -0.15) is 18.4 Å². The number of halogens is 4. The Morgan fingerprint density at radius 1 is 1.22 bits per heavy atom. The highest BCUT2D eigenvalue weighted by Crippen LogP contribution is 2.32. The Kier molecular flexibility index (Phi) is 6.63. The fraction of sp³-hybridized carbons (Fsp3) is 0.211. The van der Waals surface area contributed by atoms with Crippen molar-refractivity contribution >= 4 is 29.2 Å². The van der Waals surface area contributed by atoms with E-state index >= 15 is 0 Å². The van der Waals surface area contributed by atoms with Gasteiger partial charge in [0.1, 0.15) is 0 Å². The summed E-state index contributed by atoms with van der Waals surface area (Å²) in [6.07, 6.45) is -4.20. The SMILES string of the molecule is NC(=O)c1ccc2c(c1)CCN2Cc1ccc(-c2nn[nH]n2)cc1Cl.O=C(O)C(F)(F)F. The largest absolute Gasteiger partial charge is 0.490 e. The number of hydrogen-bond donors (Lipinski definition) is 3. The number of hydrogen-bond acceptors (Lipinski definition) is 6. The quantitative estimate of drug-likeness (QED) is 0.535. The lowest BCUT2D eigenvalue weighted by molar-refractivity contribution is -0.192. The number of tetrazole rings is 1. The first kappa shape index (κ1) is 23.0. The Balaban J connectivity index is 0.000000360. The van der Waals surface area contributed by atoms with Crippen molar-refractivity contribution in [2.75, 3.05) is 11.4 Å². The number of nitrogens with one attached hydrogen (secondary N) is 1. The maximum absolute atomic E-state index is 11.3. The van der Waals surface area contributed by atoms with Crippen LogP contribution in [0.5, 0.6) is 0 Å². The molecule has 0 aliphatic carbocycles. The van der Waals surface area contributed by atoms with Gasteiger partial charge in [-0.05, 0) is 47.0 Å². The van der Waals surface area contributed by atoms with Gasteiger partial charge in [-0.25, -0.2) is 4.79 Å². The number of benzene rings is 2. The van der Waals surface area contributed by atoms with Crippen molar-refractivity contribution in [3.8, 4) is 11.4 Å². The molecule has 1 aliphatic rings. The number of anilines is 1. The van der Waals surface area contributed by atoms with Crippen LogP contribution in [0.2, 0.25) is 5.02 Å². The number of carboxylic acid groups (broad SMARTS) is 1. The Morgan fingerprint density at radius 2 is 1.94 bits per heavy atom. The van der Waals surface area contributed by atoms with Crippen LogP contribution in [0, 0.1) is 0 Å². The average Bonchev–Trinajstić information content (AvgIpc) is 3.39. The zero-order chi connectivity index (χ0) is 23.5. The molecule has 0 radical (unpaired) electrons. The molecular formula is C19H16ClF3N6O3. The third-order valence-electron chi connectivity index (χ3n) is 4.62. The molecule has 0 saturated heterocycles. The second kappa shape index (κ2) is 9.22. The molecule has 32 heavy (non-hydrogen) atoms. The number of alkyl halides is 3. The first-order valence-electron chi connectivity index (χ1n) is 9.06. The Labute approximate surface area is 184 Å². The van der Waals surface area contributed by atoms with Crippen LogP contribution in [0.15, 0.2) is 36.4 Å². The predicted molar refractivity (Wildman–Crippen MR) is 108 cm³/mol. The van der Waals surface area contributed by atoms with E-state index in [2.05, 4.69) is 25.5 Å². The van der Waals surface area contributed by atoms with Crippen molar-refractivity contribution in [1.82, 2.24) is 20.6 Å². The van der Waals surface area contributed by atoms with E-state index < -0.39 is 18.1 Å². The molecule has 0 bridgehead atoms. The molecule has 13 heteroatoms. The summed E-state index contributed by atoms with van der Waals surface area (Å²) in [5, 5.41) is 21.7. The summed E-state index contributed by atoms with van der Waals surface area (Å²) in [7, 11) is 0. The van der Waals surface area contributed by atoms with E-state index in [1.165, 1.54) is 0 Å². The molecule has 1 aromatic heterocycles. The normalized spacial score (nSPS) is 12.7. The second-order valence-corrected chi connectivity index (χ2v) is 7.13. The molecule has 0 unspecified atom stereocenters. The zero-order valence-corrected chi connectivity index (χ0v) is 17.0. The summed E-state index contributed by atoms with van der Waals surface area (Å²) in [6.45, 7) is 1.56. The van der Waals surface area contributed by atoms with Crippen molar-refractivity contribution in [1.29, 1.82) is 0 Å². The van der Waals surface area contributed by atoms with Crippen molar-refractivity contribution in [2.24, 2.45) is 5.73 Å². The maximum atomic E-state index is 11.3. The topological polar surface area (TPSA) is 138 Å². The number of carbonyl (C=O) groups excluding carboxylic acids is 1. The number of nitrogens with two attached hydrogens (primary N) is 1. The molecule has 0 spiro atoms. The number of fused-ring (bicyclic) bond motifs is 1. The Morgan fingerprint density at radius 3 is 2.50 bits per heavy atom. The molecule has 9 nitrogen and oxygen atoms in total. The van der Waals surface area contributed by atoms with Crippen LogP contribution in [0.4, 0.5) is 18.9 Å². The molecule has 4 rings (SSSR count). The molecular weight excluding hydrogens is 453 g/mol. The average molecular weight is 469 g/mol. The maximum Gasteiger partial charge on any atom is 0.490 e. The van der Waals surface area contributed by atoms with Crippen LogP contribution >= 0.6 is 11.6 Å². The monoisotopic (exact) mass is 468 g/mol. The van der Waals surface area contributed by atoms with E-state index in [0.29, 0.717) is 23.0 Å². The number of aliphatic carboxylic acids is 1. The predicted octanol–water partition coefficient (Wildman–Crippen LogP) is 2.82. The zero-order valence-electron chi connectivity index (χ0n) is 16.2. The molecule has 3 aromatic rings. The molecule has 4 N–H and O–H groups in total. The Hall–Kier alpha value is -3.67. The van der Waals surface area contributed by atoms with E-state index in [4.69, 9.17) is 27.2 Å². The summed E-state index contributed by atoms with van der Waals surface area (Å²) in [4.78, 5) is 22.5. The van der Waals surface area contributed by atoms with E-state index in [-0.39, 0.29) is 0 Å². The summed E-state index contributed by atoms with van der Waals surface area (Å²) in [5.41, 5.74) is 9.98. The van der Waals surface area contributed by atoms with E-state index in [1.807, 2.05) is 30.3 Å². The number of H-pyrrole nitrogens is 1. The fourth-order valence-electron chi connectivity index (χ4n) is 3.09. The van der Waals surface area contributed by atoms with E-state index in [1.54, 1.807) is 6.07 Å². The number of carbonyl (C=O) groups is 2. The van der Waals surface area contributed by atoms with Gasteiger partial charge in [-0.3, -0.25) is 4.79 Å². The lowest BCUT2D eigenvalue weighted by Gasteiger charge is -2.20. The molecule has 1 amide bonds. The highest BCUT2D eigenvalue weighted by atomic mass is 35.5. The van der Waals surface area contributed by atoms with Gasteiger partial charge in [-0.15, -0.1) is 10.2 Å². The molecule has 2 aromatic carbocycles. The molecule has 2 heterocycles. The molecule has 1 aliphatic heterocycles.